The number of hydrogen-bond acceptors (Lipinski definition) is 2. The molecule has 0 saturated heterocycles. The molecule has 0 aromatic heterocycles. The summed E-state index contributed by atoms with van der Waals surface area (Å²) in [6.07, 6.45) is 0. The molecule has 0 atom stereocenters. The predicted octanol–water partition coefficient (Wildman–Crippen LogP) is 1.89. The maximum Gasteiger partial charge on any atom is 0.417 e. The Morgan fingerprint density at radius 3 is 2.83 bits per heavy atom. The quantitative estimate of drug-likeness (QED) is 0.680. The molecule has 1 rings (SSSR count). The SMILES string of the molecule is Cc1ccc(C)c(CO[C]=O)c1. The molecule has 2 nitrogen and oxygen atoms in total. The summed E-state index contributed by atoms with van der Waals surface area (Å²) in [5.41, 5.74) is 3.35. The van der Waals surface area contributed by atoms with E-state index in [-0.39, 0.29) is 0 Å². The van der Waals surface area contributed by atoms with Gasteiger partial charge >= 0.3 is 6.47 Å². The highest BCUT2D eigenvalue weighted by Gasteiger charge is 1.98. The van der Waals surface area contributed by atoms with E-state index in [0.29, 0.717) is 6.61 Å². The fourth-order valence-electron chi connectivity index (χ4n) is 1.06. The highest BCUT2D eigenvalue weighted by atomic mass is 16.5. The molecular formula is C10H11O2. The van der Waals surface area contributed by atoms with Crippen molar-refractivity contribution in [2.45, 2.75) is 20.5 Å². The summed E-state index contributed by atoms with van der Waals surface area (Å²) in [7, 11) is 0. The fourth-order valence-corrected chi connectivity index (χ4v) is 1.06. The standard InChI is InChI=1S/C10H11O2/c1-8-3-4-9(2)10(5-8)6-12-7-11/h3-5H,6H2,1-2H3. The summed E-state index contributed by atoms with van der Waals surface area (Å²) in [4.78, 5) is 9.83. The van der Waals surface area contributed by atoms with Gasteiger partial charge in [-0.15, -0.1) is 0 Å². The number of carbonyl (C=O) groups excluding carboxylic acids is 1. The second-order valence-corrected chi connectivity index (χ2v) is 2.80. The van der Waals surface area contributed by atoms with Crippen LogP contribution in [0.2, 0.25) is 0 Å². The van der Waals surface area contributed by atoms with Gasteiger partial charge in [-0.05, 0) is 25.0 Å². The van der Waals surface area contributed by atoms with Gasteiger partial charge in [-0.3, -0.25) is 0 Å². The van der Waals surface area contributed by atoms with Crippen LogP contribution < -0.4 is 0 Å². The van der Waals surface area contributed by atoms with Crippen LogP contribution in [0.3, 0.4) is 0 Å². The molecule has 0 aliphatic carbocycles. The molecule has 0 unspecified atom stereocenters. The van der Waals surface area contributed by atoms with Gasteiger partial charge in [-0.2, -0.15) is 0 Å². The van der Waals surface area contributed by atoms with Gasteiger partial charge in [-0.1, -0.05) is 23.8 Å². The number of ether oxygens (including phenoxy) is 1. The van der Waals surface area contributed by atoms with Gasteiger partial charge in [0, 0.05) is 0 Å². The van der Waals surface area contributed by atoms with E-state index in [2.05, 4.69) is 4.74 Å². The lowest BCUT2D eigenvalue weighted by Gasteiger charge is -2.04. The van der Waals surface area contributed by atoms with Crippen LogP contribution in [0, 0.1) is 13.8 Å². The van der Waals surface area contributed by atoms with E-state index in [4.69, 9.17) is 0 Å². The normalized spacial score (nSPS) is 9.50. The smallest absolute Gasteiger partial charge is 0.417 e. The van der Waals surface area contributed by atoms with Gasteiger partial charge in [0.1, 0.15) is 6.61 Å². The van der Waals surface area contributed by atoms with Crippen LogP contribution in [0.15, 0.2) is 18.2 Å². The summed E-state index contributed by atoms with van der Waals surface area (Å²) in [6.45, 7) is 5.73. The number of aryl methyl sites for hydroxylation is 2. The lowest BCUT2D eigenvalue weighted by Crippen LogP contribution is -1.93. The van der Waals surface area contributed by atoms with Gasteiger partial charge in [0.25, 0.3) is 0 Å². The van der Waals surface area contributed by atoms with Crippen LogP contribution >= 0.6 is 0 Å². The Labute approximate surface area is 72.2 Å². The maximum atomic E-state index is 9.83. The third-order valence-corrected chi connectivity index (χ3v) is 1.79. The summed E-state index contributed by atoms with van der Waals surface area (Å²) >= 11 is 0. The largest absolute Gasteiger partial charge is 0.452 e. The van der Waals surface area contributed by atoms with Crippen molar-refractivity contribution in [1.29, 1.82) is 0 Å². The van der Waals surface area contributed by atoms with E-state index >= 15 is 0 Å². The molecule has 0 aliphatic rings. The Morgan fingerprint density at radius 1 is 1.42 bits per heavy atom. The van der Waals surface area contributed by atoms with E-state index < -0.39 is 0 Å². The average Bonchev–Trinajstić information content (AvgIpc) is 2.07. The monoisotopic (exact) mass is 163 g/mol. The first-order chi connectivity index (χ1) is 5.74. The molecule has 1 radical (unpaired) electrons. The van der Waals surface area contributed by atoms with Crippen LogP contribution in [-0.2, 0) is 16.1 Å². The minimum absolute atomic E-state index is 0.316. The lowest BCUT2D eigenvalue weighted by molar-refractivity contribution is 0.266. The number of benzene rings is 1. The zero-order valence-corrected chi connectivity index (χ0v) is 7.26. The summed E-state index contributed by atoms with van der Waals surface area (Å²) in [5, 5.41) is 0. The van der Waals surface area contributed by atoms with Crippen molar-refractivity contribution in [3.8, 4) is 0 Å². The first kappa shape index (κ1) is 8.78. The minimum Gasteiger partial charge on any atom is -0.452 e. The first-order valence-electron chi connectivity index (χ1n) is 3.79. The van der Waals surface area contributed by atoms with E-state index in [0.717, 1.165) is 11.1 Å². The van der Waals surface area contributed by atoms with Crippen molar-refractivity contribution in [1.82, 2.24) is 0 Å². The Morgan fingerprint density at radius 2 is 2.17 bits per heavy atom. The van der Waals surface area contributed by atoms with Crippen LogP contribution in [0.5, 0.6) is 0 Å². The molecular weight excluding hydrogens is 152 g/mol. The van der Waals surface area contributed by atoms with Crippen molar-refractivity contribution < 1.29 is 9.53 Å². The topological polar surface area (TPSA) is 26.3 Å². The molecule has 0 amide bonds. The van der Waals surface area contributed by atoms with E-state index in [1.807, 2.05) is 32.0 Å². The molecule has 12 heavy (non-hydrogen) atoms. The number of rotatable bonds is 3. The molecule has 0 heterocycles. The fraction of sp³-hybridized carbons (Fsp3) is 0.300. The van der Waals surface area contributed by atoms with Gasteiger partial charge in [-0.25, -0.2) is 4.79 Å². The van der Waals surface area contributed by atoms with Crippen LogP contribution in [0.1, 0.15) is 16.7 Å². The van der Waals surface area contributed by atoms with Gasteiger partial charge < -0.3 is 4.74 Å². The highest BCUT2D eigenvalue weighted by Crippen LogP contribution is 2.10. The molecule has 2 heteroatoms. The Bertz CT molecular complexity index is 279. The van der Waals surface area contributed by atoms with Crippen LogP contribution in [-0.4, -0.2) is 6.47 Å². The van der Waals surface area contributed by atoms with E-state index in [1.54, 1.807) is 0 Å². The van der Waals surface area contributed by atoms with Gasteiger partial charge in [0.2, 0.25) is 0 Å². The first-order valence-corrected chi connectivity index (χ1v) is 3.79. The second kappa shape index (κ2) is 3.90. The Hall–Kier alpha value is -1.31. The van der Waals surface area contributed by atoms with Crippen molar-refractivity contribution >= 4 is 6.47 Å². The van der Waals surface area contributed by atoms with Crippen molar-refractivity contribution in [2.24, 2.45) is 0 Å². The third kappa shape index (κ3) is 2.09. The van der Waals surface area contributed by atoms with Crippen molar-refractivity contribution in [3.05, 3.63) is 34.9 Å². The molecule has 0 N–H and O–H groups in total. The number of hydrogen-bond donors (Lipinski definition) is 0. The van der Waals surface area contributed by atoms with Gasteiger partial charge in [0.05, 0.1) is 0 Å². The lowest BCUT2D eigenvalue weighted by atomic mass is 10.1. The summed E-state index contributed by atoms with van der Waals surface area (Å²) in [6, 6.07) is 6.05. The maximum absolute atomic E-state index is 9.83. The Kier molecular flexibility index (Phi) is 2.86. The molecule has 0 fully saturated rings. The highest BCUT2D eigenvalue weighted by molar-refractivity contribution is 5.39. The Balaban J connectivity index is 2.82. The molecule has 0 bridgehead atoms. The summed E-state index contributed by atoms with van der Waals surface area (Å²) in [5.74, 6) is 0. The molecule has 0 aliphatic heterocycles. The molecule has 63 valence electrons. The van der Waals surface area contributed by atoms with E-state index in [9.17, 15) is 4.79 Å². The molecule has 0 saturated carbocycles. The zero-order valence-electron chi connectivity index (χ0n) is 7.26. The van der Waals surface area contributed by atoms with E-state index in [1.165, 1.54) is 12.0 Å². The average molecular weight is 163 g/mol. The van der Waals surface area contributed by atoms with Crippen molar-refractivity contribution in [2.75, 3.05) is 0 Å². The zero-order chi connectivity index (χ0) is 8.97. The molecule has 0 spiro atoms. The van der Waals surface area contributed by atoms with Crippen LogP contribution in [0.25, 0.3) is 0 Å². The van der Waals surface area contributed by atoms with Crippen molar-refractivity contribution in [3.63, 3.8) is 0 Å². The minimum atomic E-state index is 0.316. The second-order valence-electron chi connectivity index (χ2n) is 2.80. The van der Waals surface area contributed by atoms with Gasteiger partial charge in [0.15, 0.2) is 0 Å². The molecule has 1 aromatic rings. The molecule has 1 aromatic carbocycles. The third-order valence-electron chi connectivity index (χ3n) is 1.79. The summed E-state index contributed by atoms with van der Waals surface area (Å²) < 4.78 is 4.55. The van der Waals surface area contributed by atoms with Crippen LogP contribution in [0.4, 0.5) is 0 Å². The predicted molar refractivity (Wildman–Crippen MR) is 46.4 cm³/mol.